The van der Waals surface area contributed by atoms with Crippen molar-refractivity contribution < 1.29 is 4.79 Å². The SMILES string of the molecule is [B]c1ccc2c(N3CC[C@H](C(=O)C(C)(C)C)C[C@@H]3C)ncnn12. The van der Waals surface area contributed by atoms with Gasteiger partial charge in [-0.1, -0.05) is 20.8 Å². The summed E-state index contributed by atoms with van der Waals surface area (Å²) in [5.74, 6) is 1.39. The van der Waals surface area contributed by atoms with Crippen LogP contribution in [0.1, 0.15) is 40.5 Å². The van der Waals surface area contributed by atoms with E-state index in [0.717, 1.165) is 30.7 Å². The number of carbonyl (C=O) groups excluding carboxylic acids is 1. The molecule has 3 heterocycles. The Bertz CT molecular complexity index is 734. The minimum absolute atomic E-state index is 0.135. The fraction of sp³-hybridized carbons (Fsp3) is 0.588. The molecule has 1 saturated heterocycles. The lowest BCUT2D eigenvalue weighted by Crippen LogP contribution is -2.45. The van der Waals surface area contributed by atoms with E-state index in [-0.39, 0.29) is 17.4 Å². The van der Waals surface area contributed by atoms with Crippen molar-refractivity contribution >= 4 is 30.6 Å². The van der Waals surface area contributed by atoms with Crippen LogP contribution < -0.4 is 10.5 Å². The smallest absolute Gasteiger partial charge is 0.156 e. The van der Waals surface area contributed by atoms with Crippen molar-refractivity contribution in [3.8, 4) is 0 Å². The van der Waals surface area contributed by atoms with E-state index in [0.29, 0.717) is 11.4 Å². The summed E-state index contributed by atoms with van der Waals surface area (Å²) in [4.78, 5) is 19.3. The summed E-state index contributed by atoms with van der Waals surface area (Å²) in [6.07, 6.45) is 3.27. The second-order valence-corrected chi connectivity index (χ2v) is 7.52. The Kier molecular flexibility index (Phi) is 3.94. The first-order valence-electron chi connectivity index (χ1n) is 8.18. The molecule has 1 aliphatic rings. The monoisotopic (exact) mass is 310 g/mol. The summed E-state index contributed by atoms with van der Waals surface area (Å²) in [5, 5.41) is 4.20. The molecule has 1 aliphatic heterocycles. The van der Waals surface area contributed by atoms with Gasteiger partial charge in [0.15, 0.2) is 5.82 Å². The number of nitrogens with zero attached hydrogens (tertiary/aromatic N) is 4. The molecule has 2 aromatic heterocycles. The molecule has 0 aliphatic carbocycles. The number of aromatic nitrogens is 3. The van der Waals surface area contributed by atoms with Gasteiger partial charge in [-0.3, -0.25) is 4.79 Å². The van der Waals surface area contributed by atoms with Gasteiger partial charge in [0.25, 0.3) is 0 Å². The van der Waals surface area contributed by atoms with Crippen molar-refractivity contribution in [2.24, 2.45) is 11.3 Å². The molecule has 1 fully saturated rings. The minimum atomic E-state index is -0.273. The molecule has 3 rings (SSSR count). The molecule has 0 N–H and O–H groups in total. The first-order valence-corrected chi connectivity index (χ1v) is 8.18. The van der Waals surface area contributed by atoms with E-state index < -0.39 is 0 Å². The second-order valence-electron chi connectivity index (χ2n) is 7.52. The third kappa shape index (κ3) is 2.86. The maximum absolute atomic E-state index is 12.6. The molecule has 0 unspecified atom stereocenters. The molecule has 0 aromatic carbocycles. The standard InChI is InChI=1S/C17H23BN4O/c1-11-9-12(15(23)17(2,3)4)7-8-21(11)16-13-5-6-14(18)22(13)20-10-19-16/h5-6,10-12H,7-9H2,1-4H3/t11-,12-/m0/s1. The first kappa shape index (κ1) is 16.0. The fourth-order valence-electron chi connectivity index (χ4n) is 3.50. The van der Waals surface area contributed by atoms with Crippen LogP contribution in [0.4, 0.5) is 5.82 Å². The molecule has 120 valence electrons. The van der Waals surface area contributed by atoms with Gasteiger partial charge in [0.1, 0.15) is 25.5 Å². The number of fused-ring (bicyclic) bond motifs is 1. The van der Waals surface area contributed by atoms with Crippen LogP contribution in [0.5, 0.6) is 0 Å². The summed E-state index contributed by atoms with van der Waals surface area (Å²) >= 11 is 0. The van der Waals surface area contributed by atoms with Gasteiger partial charge in [0.05, 0.1) is 0 Å². The van der Waals surface area contributed by atoms with Crippen molar-refractivity contribution in [1.82, 2.24) is 14.6 Å². The maximum atomic E-state index is 12.6. The molecular formula is C17H23BN4O. The Balaban J connectivity index is 1.85. The normalized spacial score (nSPS) is 22.5. The summed E-state index contributed by atoms with van der Waals surface area (Å²) < 4.78 is 1.71. The van der Waals surface area contributed by atoms with Gasteiger partial charge in [-0.15, -0.1) is 0 Å². The van der Waals surface area contributed by atoms with Crippen LogP contribution in [0.2, 0.25) is 0 Å². The quantitative estimate of drug-likeness (QED) is 0.793. The number of anilines is 1. The molecule has 5 nitrogen and oxygen atoms in total. The highest BCUT2D eigenvalue weighted by Gasteiger charge is 2.35. The summed E-state index contributed by atoms with van der Waals surface area (Å²) in [6.45, 7) is 9.00. The zero-order valence-corrected chi connectivity index (χ0v) is 14.3. The molecule has 23 heavy (non-hydrogen) atoms. The van der Waals surface area contributed by atoms with Crippen molar-refractivity contribution in [2.45, 2.75) is 46.6 Å². The maximum Gasteiger partial charge on any atom is 0.156 e. The average molecular weight is 310 g/mol. The van der Waals surface area contributed by atoms with Gasteiger partial charge in [0.2, 0.25) is 0 Å². The lowest BCUT2D eigenvalue weighted by atomic mass is 9.77. The highest BCUT2D eigenvalue weighted by atomic mass is 16.1. The van der Waals surface area contributed by atoms with Crippen molar-refractivity contribution in [3.63, 3.8) is 0 Å². The third-order valence-corrected chi connectivity index (χ3v) is 4.72. The lowest BCUT2D eigenvalue weighted by Gasteiger charge is -2.39. The van der Waals surface area contributed by atoms with E-state index in [1.165, 1.54) is 6.33 Å². The van der Waals surface area contributed by atoms with Gasteiger partial charge in [-0.2, -0.15) is 5.10 Å². The zero-order valence-electron chi connectivity index (χ0n) is 14.3. The molecule has 2 aromatic rings. The van der Waals surface area contributed by atoms with Gasteiger partial charge < -0.3 is 4.90 Å². The number of hydrogen-bond donors (Lipinski definition) is 0. The molecule has 0 bridgehead atoms. The fourth-order valence-corrected chi connectivity index (χ4v) is 3.50. The van der Waals surface area contributed by atoms with Crippen molar-refractivity contribution in [2.75, 3.05) is 11.4 Å². The summed E-state index contributed by atoms with van der Waals surface area (Å²) in [7, 11) is 5.93. The van der Waals surface area contributed by atoms with Crippen LogP contribution in [-0.2, 0) is 4.79 Å². The Morgan fingerprint density at radius 2 is 2.09 bits per heavy atom. The first-order chi connectivity index (χ1) is 10.8. The minimum Gasteiger partial charge on any atom is -0.352 e. The molecule has 2 atom stereocenters. The van der Waals surface area contributed by atoms with E-state index in [2.05, 4.69) is 21.9 Å². The molecule has 0 spiro atoms. The van der Waals surface area contributed by atoms with E-state index >= 15 is 0 Å². The van der Waals surface area contributed by atoms with E-state index in [4.69, 9.17) is 7.85 Å². The zero-order chi connectivity index (χ0) is 16.8. The van der Waals surface area contributed by atoms with Gasteiger partial charge in [0, 0.05) is 23.9 Å². The topological polar surface area (TPSA) is 50.5 Å². The average Bonchev–Trinajstić information content (AvgIpc) is 2.87. The number of Topliss-reactive ketones (excluding diaryl/α,β-unsaturated/α-hetero) is 1. The van der Waals surface area contributed by atoms with E-state index in [1.54, 1.807) is 4.52 Å². The Morgan fingerprint density at radius 3 is 2.74 bits per heavy atom. The number of piperidine rings is 1. The highest BCUT2D eigenvalue weighted by Crippen LogP contribution is 2.33. The van der Waals surface area contributed by atoms with Crippen molar-refractivity contribution in [1.29, 1.82) is 0 Å². The van der Waals surface area contributed by atoms with Gasteiger partial charge >= 0.3 is 0 Å². The molecule has 2 radical (unpaired) electrons. The van der Waals surface area contributed by atoms with Crippen LogP contribution in [0.3, 0.4) is 0 Å². The summed E-state index contributed by atoms with van der Waals surface area (Å²) in [5.41, 5.74) is 1.25. The van der Waals surface area contributed by atoms with Crippen LogP contribution in [0.25, 0.3) is 5.52 Å². The predicted octanol–water partition coefficient (Wildman–Crippen LogP) is 1.74. The van der Waals surface area contributed by atoms with Gasteiger partial charge in [-0.05, 0) is 37.5 Å². The molecular weight excluding hydrogens is 287 g/mol. The van der Waals surface area contributed by atoms with E-state index in [1.807, 2.05) is 32.9 Å². The Labute approximate surface area is 138 Å². The van der Waals surface area contributed by atoms with Crippen LogP contribution in [0.15, 0.2) is 18.5 Å². The number of rotatable bonds is 2. The molecule has 6 heteroatoms. The number of carbonyl (C=O) groups is 1. The van der Waals surface area contributed by atoms with Gasteiger partial charge in [-0.25, -0.2) is 9.50 Å². The van der Waals surface area contributed by atoms with Crippen molar-refractivity contribution in [3.05, 3.63) is 18.5 Å². The molecule has 0 amide bonds. The Morgan fingerprint density at radius 1 is 1.35 bits per heavy atom. The highest BCUT2D eigenvalue weighted by molar-refractivity contribution is 6.31. The van der Waals surface area contributed by atoms with Crippen LogP contribution >= 0.6 is 0 Å². The molecule has 0 saturated carbocycles. The number of ketones is 1. The largest absolute Gasteiger partial charge is 0.352 e. The van der Waals surface area contributed by atoms with Crippen LogP contribution in [-0.4, -0.2) is 40.8 Å². The second kappa shape index (κ2) is 5.66. The number of hydrogen-bond acceptors (Lipinski definition) is 4. The lowest BCUT2D eigenvalue weighted by molar-refractivity contribution is -0.131. The third-order valence-electron chi connectivity index (χ3n) is 4.72. The van der Waals surface area contributed by atoms with Crippen LogP contribution in [0, 0.1) is 11.3 Å². The Hall–Kier alpha value is -1.85. The summed E-state index contributed by atoms with van der Waals surface area (Å²) in [6, 6.07) is 4.05. The van der Waals surface area contributed by atoms with E-state index in [9.17, 15) is 4.79 Å². The predicted molar refractivity (Wildman–Crippen MR) is 92.4 cm³/mol.